The van der Waals surface area contributed by atoms with E-state index in [0.717, 1.165) is 11.1 Å². The number of amides is 1. The van der Waals surface area contributed by atoms with E-state index in [1.54, 1.807) is 12.1 Å². The van der Waals surface area contributed by atoms with Crippen molar-refractivity contribution in [1.82, 2.24) is 5.32 Å². The van der Waals surface area contributed by atoms with E-state index in [9.17, 15) is 18.4 Å². The first-order valence-corrected chi connectivity index (χ1v) is 8.42. The number of alkyl halides is 2. The maximum absolute atomic E-state index is 12.3. The van der Waals surface area contributed by atoms with E-state index < -0.39 is 12.6 Å². The van der Waals surface area contributed by atoms with Gasteiger partial charge in [0.2, 0.25) is 0 Å². The summed E-state index contributed by atoms with van der Waals surface area (Å²) in [5.74, 6) is -1.03. The van der Waals surface area contributed by atoms with Crippen LogP contribution in [0.5, 0.6) is 11.5 Å². The van der Waals surface area contributed by atoms with E-state index in [2.05, 4.69) is 10.1 Å². The van der Waals surface area contributed by atoms with E-state index in [1.165, 1.54) is 25.3 Å². The van der Waals surface area contributed by atoms with E-state index >= 15 is 0 Å². The molecular formula is C20H21F2NO5. The Morgan fingerprint density at radius 1 is 1.04 bits per heavy atom. The van der Waals surface area contributed by atoms with Crippen molar-refractivity contribution < 1.29 is 32.6 Å². The molecule has 2 rings (SSSR count). The Balaban J connectivity index is 1.87. The van der Waals surface area contributed by atoms with Crippen LogP contribution >= 0.6 is 0 Å². The van der Waals surface area contributed by atoms with E-state index in [1.807, 2.05) is 19.9 Å². The molecule has 6 nitrogen and oxygen atoms in total. The molecule has 0 aromatic heterocycles. The lowest BCUT2D eigenvalue weighted by atomic mass is 10.1. The van der Waals surface area contributed by atoms with Gasteiger partial charge in [-0.25, -0.2) is 0 Å². The van der Waals surface area contributed by atoms with Crippen LogP contribution < -0.4 is 14.8 Å². The number of esters is 1. The van der Waals surface area contributed by atoms with Gasteiger partial charge in [-0.2, -0.15) is 8.78 Å². The molecule has 0 saturated heterocycles. The van der Waals surface area contributed by atoms with Crippen molar-refractivity contribution in [1.29, 1.82) is 0 Å². The molecule has 2 aromatic carbocycles. The first-order valence-electron chi connectivity index (χ1n) is 8.42. The molecule has 0 fully saturated rings. The first kappa shape index (κ1) is 21.1. The van der Waals surface area contributed by atoms with Crippen LogP contribution in [-0.2, 0) is 16.1 Å². The lowest BCUT2D eigenvalue weighted by Crippen LogP contribution is -2.30. The van der Waals surface area contributed by atoms with Crippen molar-refractivity contribution in [2.75, 3.05) is 13.7 Å². The average Bonchev–Trinajstić information content (AvgIpc) is 2.64. The third-order valence-corrected chi connectivity index (χ3v) is 3.72. The molecule has 8 heteroatoms. The fraction of sp³-hybridized carbons (Fsp3) is 0.300. The Labute approximate surface area is 161 Å². The van der Waals surface area contributed by atoms with Crippen LogP contribution in [0, 0.1) is 13.8 Å². The van der Waals surface area contributed by atoms with Crippen molar-refractivity contribution in [3.63, 3.8) is 0 Å². The number of carbonyl (C=O) groups is 2. The molecule has 0 saturated carbocycles. The molecule has 1 N–H and O–H groups in total. The fourth-order valence-corrected chi connectivity index (χ4v) is 2.57. The Morgan fingerprint density at radius 3 is 2.32 bits per heavy atom. The molecule has 0 bridgehead atoms. The van der Waals surface area contributed by atoms with Gasteiger partial charge in [-0.15, -0.1) is 0 Å². The molecule has 0 atom stereocenters. The molecule has 150 valence electrons. The lowest BCUT2D eigenvalue weighted by Gasteiger charge is -2.12. The number of carbonyl (C=O) groups excluding carboxylic acids is 2. The normalized spacial score (nSPS) is 10.5. The molecule has 0 unspecified atom stereocenters. The SMILES string of the molecule is COc1cc(COC(=O)CNC(=O)c2cc(C)cc(C)c2)ccc1OC(F)F. The summed E-state index contributed by atoms with van der Waals surface area (Å²) in [6.07, 6.45) is 0. The van der Waals surface area contributed by atoms with Crippen LogP contribution in [0.25, 0.3) is 0 Å². The van der Waals surface area contributed by atoms with Crippen LogP contribution in [0.15, 0.2) is 36.4 Å². The topological polar surface area (TPSA) is 73.9 Å². The summed E-state index contributed by atoms with van der Waals surface area (Å²) < 4.78 is 39.0. The smallest absolute Gasteiger partial charge is 0.387 e. The number of aryl methyl sites for hydroxylation is 2. The highest BCUT2D eigenvalue weighted by Gasteiger charge is 2.13. The number of hydrogen-bond donors (Lipinski definition) is 1. The molecule has 0 radical (unpaired) electrons. The van der Waals surface area contributed by atoms with Crippen LogP contribution in [-0.4, -0.2) is 32.1 Å². The number of halogens is 2. The zero-order chi connectivity index (χ0) is 20.7. The highest BCUT2D eigenvalue weighted by atomic mass is 19.3. The zero-order valence-electron chi connectivity index (χ0n) is 15.8. The summed E-state index contributed by atoms with van der Waals surface area (Å²) in [6, 6.07) is 9.60. The van der Waals surface area contributed by atoms with Crippen LogP contribution in [0.4, 0.5) is 8.78 Å². The summed E-state index contributed by atoms with van der Waals surface area (Å²) in [5.41, 5.74) is 2.87. The highest BCUT2D eigenvalue weighted by molar-refractivity contribution is 5.96. The minimum absolute atomic E-state index is 0.0944. The zero-order valence-corrected chi connectivity index (χ0v) is 15.8. The second kappa shape index (κ2) is 9.68. The van der Waals surface area contributed by atoms with Gasteiger partial charge in [0.25, 0.3) is 5.91 Å². The number of benzene rings is 2. The van der Waals surface area contributed by atoms with Gasteiger partial charge in [-0.05, 0) is 43.7 Å². The summed E-state index contributed by atoms with van der Waals surface area (Å²) in [5, 5.41) is 2.50. The Morgan fingerprint density at radius 2 is 1.71 bits per heavy atom. The van der Waals surface area contributed by atoms with Gasteiger partial charge in [0, 0.05) is 5.56 Å². The van der Waals surface area contributed by atoms with Gasteiger partial charge < -0.3 is 19.5 Å². The number of hydrogen-bond acceptors (Lipinski definition) is 5. The predicted octanol–water partition coefficient (Wildman–Crippen LogP) is 3.39. The third-order valence-electron chi connectivity index (χ3n) is 3.72. The number of methoxy groups -OCH3 is 1. The van der Waals surface area contributed by atoms with Crippen molar-refractivity contribution in [3.8, 4) is 11.5 Å². The van der Waals surface area contributed by atoms with Gasteiger partial charge in [0.05, 0.1) is 7.11 Å². The molecule has 0 aliphatic rings. The van der Waals surface area contributed by atoms with E-state index in [-0.39, 0.29) is 30.6 Å². The molecule has 1 amide bonds. The molecule has 0 aliphatic carbocycles. The van der Waals surface area contributed by atoms with Crippen LogP contribution in [0.3, 0.4) is 0 Å². The largest absolute Gasteiger partial charge is 0.493 e. The van der Waals surface area contributed by atoms with Gasteiger partial charge in [0.1, 0.15) is 13.2 Å². The lowest BCUT2D eigenvalue weighted by molar-refractivity contribution is -0.143. The van der Waals surface area contributed by atoms with Gasteiger partial charge >= 0.3 is 12.6 Å². The molecule has 0 aliphatic heterocycles. The molecule has 0 heterocycles. The van der Waals surface area contributed by atoms with E-state index in [4.69, 9.17) is 9.47 Å². The first-order chi connectivity index (χ1) is 13.3. The summed E-state index contributed by atoms with van der Waals surface area (Å²) in [4.78, 5) is 24.0. The average molecular weight is 393 g/mol. The van der Waals surface area contributed by atoms with Crippen molar-refractivity contribution in [2.45, 2.75) is 27.1 Å². The van der Waals surface area contributed by atoms with Crippen molar-refractivity contribution >= 4 is 11.9 Å². The maximum Gasteiger partial charge on any atom is 0.387 e. The van der Waals surface area contributed by atoms with Crippen LogP contribution in [0.1, 0.15) is 27.0 Å². The van der Waals surface area contributed by atoms with Gasteiger partial charge in [-0.1, -0.05) is 23.3 Å². The molecular weight excluding hydrogens is 372 g/mol. The quantitative estimate of drug-likeness (QED) is 0.696. The Hall–Kier alpha value is -3.16. The maximum atomic E-state index is 12.3. The summed E-state index contributed by atoms with van der Waals surface area (Å²) in [6.45, 7) is 0.380. The number of nitrogens with one attached hydrogen (secondary N) is 1. The Bertz CT molecular complexity index is 834. The molecule has 28 heavy (non-hydrogen) atoms. The minimum Gasteiger partial charge on any atom is -0.493 e. The number of rotatable bonds is 8. The van der Waals surface area contributed by atoms with Gasteiger partial charge in [0.15, 0.2) is 11.5 Å². The van der Waals surface area contributed by atoms with Crippen molar-refractivity contribution in [2.24, 2.45) is 0 Å². The predicted molar refractivity (Wildman–Crippen MR) is 97.7 cm³/mol. The molecule has 0 spiro atoms. The van der Waals surface area contributed by atoms with Gasteiger partial charge in [-0.3, -0.25) is 9.59 Å². The second-order valence-corrected chi connectivity index (χ2v) is 6.08. The fourth-order valence-electron chi connectivity index (χ4n) is 2.57. The summed E-state index contributed by atoms with van der Waals surface area (Å²) in [7, 11) is 1.31. The monoisotopic (exact) mass is 393 g/mol. The van der Waals surface area contributed by atoms with E-state index in [0.29, 0.717) is 11.1 Å². The summed E-state index contributed by atoms with van der Waals surface area (Å²) >= 11 is 0. The van der Waals surface area contributed by atoms with Crippen LogP contribution in [0.2, 0.25) is 0 Å². The molecule has 2 aromatic rings. The second-order valence-electron chi connectivity index (χ2n) is 6.08. The third kappa shape index (κ3) is 6.22. The highest BCUT2D eigenvalue weighted by Crippen LogP contribution is 2.29. The minimum atomic E-state index is -2.97. The Kier molecular flexibility index (Phi) is 7.31. The standard InChI is InChI=1S/C20H21F2NO5/c1-12-6-13(2)8-15(7-12)19(25)23-10-18(24)27-11-14-4-5-16(28-20(21)22)17(9-14)26-3/h4-9,20H,10-11H2,1-3H3,(H,23,25). The number of ether oxygens (including phenoxy) is 3. The van der Waals surface area contributed by atoms with Crippen molar-refractivity contribution in [3.05, 3.63) is 58.7 Å².